The van der Waals surface area contributed by atoms with Crippen molar-refractivity contribution in [1.82, 2.24) is 0 Å². The lowest BCUT2D eigenvalue weighted by Crippen LogP contribution is -2.28. The molecule has 18 heavy (non-hydrogen) atoms. The van der Waals surface area contributed by atoms with Gasteiger partial charge in [0, 0.05) is 0 Å². The monoisotopic (exact) mass is 254 g/mol. The lowest BCUT2D eigenvalue weighted by molar-refractivity contribution is -0.149. The van der Waals surface area contributed by atoms with Gasteiger partial charge in [0.2, 0.25) is 0 Å². The molecule has 0 heterocycles. The summed E-state index contributed by atoms with van der Waals surface area (Å²) in [4.78, 5) is 11.5. The molecule has 0 bridgehead atoms. The summed E-state index contributed by atoms with van der Waals surface area (Å²) in [5, 5.41) is 9.45. The first-order valence-corrected chi connectivity index (χ1v) is 7.84. The van der Waals surface area contributed by atoms with Crippen molar-refractivity contribution in [3.05, 3.63) is 0 Å². The van der Waals surface area contributed by atoms with Crippen molar-refractivity contribution >= 4 is 5.97 Å². The van der Waals surface area contributed by atoms with Gasteiger partial charge >= 0.3 is 5.97 Å². The van der Waals surface area contributed by atoms with E-state index in [0.717, 1.165) is 32.1 Å². The third kappa shape index (κ3) is 4.62. The van der Waals surface area contributed by atoms with Gasteiger partial charge in [0.05, 0.1) is 5.41 Å². The zero-order chi connectivity index (χ0) is 13.4. The molecule has 1 aliphatic carbocycles. The minimum Gasteiger partial charge on any atom is -0.481 e. The number of carbonyl (C=O) groups is 1. The van der Waals surface area contributed by atoms with E-state index in [2.05, 4.69) is 13.8 Å². The molecule has 0 aromatic rings. The summed E-state index contributed by atoms with van der Waals surface area (Å²) in [5.74, 6) is 0.0588. The van der Waals surface area contributed by atoms with E-state index in [-0.39, 0.29) is 5.41 Å². The van der Waals surface area contributed by atoms with E-state index in [1.165, 1.54) is 38.5 Å². The highest BCUT2D eigenvalue weighted by atomic mass is 16.4. The second-order valence-electron chi connectivity index (χ2n) is 6.30. The quantitative estimate of drug-likeness (QED) is 0.587. The largest absolute Gasteiger partial charge is 0.481 e. The first-order chi connectivity index (χ1) is 8.60. The Morgan fingerprint density at radius 3 is 2.28 bits per heavy atom. The normalized spacial score (nSPS) is 27.6. The molecule has 0 radical (unpaired) electrons. The first-order valence-electron chi connectivity index (χ1n) is 7.84. The van der Waals surface area contributed by atoms with Crippen molar-refractivity contribution in [3.8, 4) is 0 Å². The van der Waals surface area contributed by atoms with Gasteiger partial charge in [0.25, 0.3) is 0 Å². The molecule has 1 rings (SSSR count). The maximum absolute atomic E-state index is 11.5. The molecule has 2 nitrogen and oxygen atoms in total. The number of rotatable bonds is 9. The fourth-order valence-electron chi connectivity index (χ4n) is 3.34. The predicted molar refractivity (Wildman–Crippen MR) is 75.7 cm³/mol. The van der Waals surface area contributed by atoms with E-state index in [4.69, 9.17) is 0 Å². The van der Waals surface area contributed by atoms with Gasteiger partial charge in [0.15, 0.2) is 0 Å². The van der Waals surface area contributed by atoms with E-state index in [9.17, 15) is 9.90 Å². The van der Waals surface area contributed by atoms with Crippen LogP contribution in [0.3, 0.4) is 0 Å². The average Bonchev–Trinajstić information content (AvgIpc) is 2.71. The van der Waals surface area contributed by atoms with Gasteiger partial charge in [-0.1, -0.05) is 58.8 Å². The third-order valence-corrected chi connectivity index (χ3v) is 4.57. The highest BCUT2D eigenvalue weighted by Crippen LogP contribution is 2.45. The first kappa shape index (κ1) is 15.5. The molecule has 2 heteroatoms. The molecule has 1 fully saturated rings. The van der Waals surface area contributed by atoms with E-state index >= 15 is 0 Å². The molecule has 0 saturated heterocycles. The van der Waals surface area contributed by atoms with Gasteiger partial charge < -0.3 is 5.11 Å². The van der Waals surface area contributed by atoms with E-state index in [1.807, 2.05) is 0 Å². The number of carboxylic acids is 1. The van der Waals surface area contributed by atoms with E-state index in [0.29, 0.717) is 5.92 Å². The van der Waals surface area contributed by atoms with Crippen LogP contribution in [0.1, 0.15) is 84.5 Å². The molecular weight excluding hydrogens is 224 g/mol. The Hall–Kier alpha value is -0.530. The van der Waals surface area contributed by atoms with Crippen LogP contribution in [-0.2, 0) is 4.79 Å². The third-order valence-electron chi connectivity index (χ3n) is 4.57. The summed E-state index contributed by atoms with van der Waals surface area (Å²) >= 11 is 0. The molecule has 0 aliphatic heterocycles. The maximum atomic E-state index is 11.5. The van der Waals surface area contributed by atoms with Crippen LogP contribution >= 0.6 is 0 Å². The van der Waals surface area contributed by atoms with Crippen LogP contribution in [0.25, 0.3) is 0 Å². The van der Waals surface area contributed by atoms with Crippen molar-refractivity contribution < 1.29 is 9.90 Å². The summed E-state index contributed by atoms with van der Waals surface area (Å²) in [7, 11) is 0. The summed E-state index contributed by atoms with van der Waals surface area (Å²) < 4.78 is 0. The Bertz CT molecular complexity index is 249. The van der Waals surface area contributed by atoms with Crippen molar-refractivity contribution in [2.45, 2.75) is 84.5 Å². The number of aliphatic carboxylic acids is 1. The fraction of sp³-hybridized carbons (Fsp3) is 0.938. The van der Waals surface area contributed by atoms with Gasteiger partial charge in [-0.25, -0.2) is 0 Å². The van der Waals surface area contributed by atoms with Gasteiger partial charge in [-0.3, -0.25) is 4.79 Å². The minimum atomic E-state index is -0.544. The van der Waals surface area contributed by atoms with E-state index < -0.39 is 5.97 Å². The van der Waals surface area contributed by atoms with Gasteiger partial charge in [-0.05, 0) is 31.6 Å². The molecule has 1 saturated carbocycles. The summed E-state index contributed by atoms with van der Waals surface area (Å²) in [6, 6.07) is 0. The summed E-state index contributed by atoms with van der Waals surface area (Å²) in [6.45, 7) is 4.42. The van der Waals surface area contributed by atoms with Crippen molar-refractivity contribution in [1.29, 1.82) is 0 Å². The van der Waals surface area contributed by atoms with Crippen molar-refractivity contribution in [2.75, 3.05) is 0 Å². The smallest absolute Gasteiger partial charge is 0.309 e. The van der Waals surface area contributed by atoms with Crippen LogP contribution in [0.2, 0.25) is 0 Å². The molecule has 0 spiro atoms. The molecule has 0 aromatic heterocycles. The van der Waals surface area contributed by atoms with Gasteiger partial charge in [0.1, 0.15) is 0 Å². The highest BCUT2D eigenvalue weighted by Gasteiger charge is 2.43. The van der Waals surface area contributed by atoms with Crippen molar-refractivity contribution in [3.63, 3.8) is 0 Å². The summed E-state index contributed by atoms with van der Waals surface area (Å²) in [6.07, 6.45) is 12.7. The second kappa shape index (κ2) is 7.81. The average molecular weight is 254 g/mol. The Labute approximate surface area is 112 Å². The van der Waals surface area contributed by atoms with Gasteiger partial charge in [-0.15, -0.1) is 0 Å². The standard InChI is InChI=1S/C16H30O2/c1-3-4-5-6-7-8-9-11-16(15(17)18)12-10-14(2)13-16/h14H,3-13H2,1-2H3,(H,17,18). The fourth-order valence-corrected chi connectivity index (χ4v) is 3.34. The van der Waals surface area contributed by atoms with Crippen molar-refractivity contribution in [2.24, 2.45) is 11.3 Å². The maximum Gasteiger partial charge on any atom is 0.309 e. The molecule has 1 N–H and O–H groups in total. The molecule has 2 unspecified atom stereocenters. The number of hydrogen-bond acceptors (Lipinski definition) is 1. The van der Waals surface area contributed by atoms with Crippen LogP contribution in [0.4, 0.5) is 0 Å². The van der Waals surface area contributed by atoms with Crippen LogP contribution in [-0.4, -0.2) is 11.1 Å². The predicted octanol–water partition coefficient (Wildman–Crippen LogP) is 5.02. The van der Waals surface area contributed by atoms with Crippen LogP contribution in [0, 0.1) is 11.3 Å². The van der Waals surface area contributed by atoms with Crippen LogP contribution in [0.15, 0.2) is 0 Å². The number of carboxylic acid groups (broad SMARTS) is 1. The highest BCUT2D eigenvalue weighted by molar-refractivity contribution is 5.75. The van der Waals surface area contributed by atoms with E-state index in [1.54, 1.807) is 0 Å². The van der Waals surface area contributed by atoms with Crippen LogP contribution < -0.4 is 0 Å². The minimum absolute atomic E-state index is 0.372. The second-order valence-corrected chi connectivity index (χ2v) is 6.30. The Morgan fingerprint density at radius 1 is 1.17 bits per heavy atom. The topological polar surface area (TPSA) is 37.3 Å². The molecule has 0 aromatic carbocycles. The SMILES string of the molecule is CCCCCCCCCC1(C(=O)O)CCC(C)C1. The van der Waals surface area contributed by atoms with Gasteiger partial charge in [-0.2, -0.15) is 0 Å². The lowest BCUT2D eigenvalue weighted by Gasteiger charge is -2.24. The number of unbranched alkanes of at least 4 members (excludes halogenated alkanes) is 6. The summed E-state index contributed by atoms with van der Waals surface area (Å²) in [5.41, 5.74) is -0.372. The molecule has 106 valence electrons. The molecule has 2 atom stereocenters. The number of hydrogen-bond donors (Lipinski definition) is 1. The molecular formula is C16H30O2. The van der Waals surface area contributed by atoms with Crippen LogP contribution in [0.5, 0.6) is 0 Å². The zero-order valence-corrected chi connectivity index (χ0v) is 12.2. The molecule has 1 aliphatic rings. The Balaban J connectivity index is 2.17. The lowest BCUT2D eigenvalue weighted by atomic mass is 9.80. The Morgan fingerprint density at radius 2 is 1.78 bits per heavy atom. The zero-order valence-electron chi connectivity index (χ0n) is 12.2. The Kier molecular flexibility index (Phi) is 6.73. The molecule has 0 amide bonds.